The maximum absolute atomic E-state index is 11.8. The number of hydrogen-bond acceptors (Lipinski definition) is 2. The first-order chi connectivity index (χ1) is 7.25. The normalized spacial score (nSPS) is 19.5. The highest BCUT2D eigenvalue weighted by atomic mass is 35.5. The maximum atomic E-state index is 11.8. The Labute approximate surface area is 93.3 Å². The summed E-state index contributed by atoms with van der Waals surface area (Å²) < 4.78 is 0. The van der Waals surface area contributed by atoms with Gasteiger partial charge in [-0.15, -0.1) is 11.6 Å². The number of alkyl halides is 1. The fourth-order valence-corrected chi connectivity index (χ4v) is 1.92. The molecule has 0 saturated heterocycles. The lowest BCUT2D eigenvalue weighted by Crippen LogP contribution is -2.29. The van der Waals surface area contributed by atoms with Crippen molar-refractivity contribution in [2.45, 2.75) is 12.6 Å². The number of halogens is 1. The Balaban J connectivity index is 2.25. The van der Waals surface area contributed by atoms with E-state index in [1.165, 1.54) is 4.90 Å². The van der Waals surface area contributed by atoms with E-state index in [1.54, 1.807) is 18.2 Å². The third-order valence-corrected chi connectivity index (χ3v) is 2.83. The van der Waals surface area contributed by atoms with Crippen LogP contribution < -0.4 is 0 Å². The number of hydrogen-bond donors (Lipinski definition) is 1. The predicted molar refractivity (Wildman–Crippen MR) is 57.8 cm³/mol. The quantitative estimate of drug-likeness (QED) is 0.797. The Morgan fingerprint density at radius 1 is 1.40 bits per heavy atom. The Hall–Kier alpha value is -1.06. The number of rotatable bonds is 3. The minimum Gasteiger partial charge on any atom is -0.369 e. The van der Waals surface area contributed by atoms with Crippen LogP contribution in [0.25, 0.3) is 0 Å². The second-order valence-corrected chi connectivity index (χ2v) is 3.88. The summed E-state index contributed by atoms with van der Waals surface area (Å²) in [5, 5.41) is 9.90. The molecule has 1 atom stereocenters. The van der Waals surface area contributed by atoms with Gasteiger partial charge in [-0.1, -0.05) is 18.2 Å². The van der Waals surface area contributed by atoms with Gasteiger partial charge in [-0.25, -0.2) is 0 Å². The van der Waals surface area contributed by atoms with Crippen LogP contribution in [0.1, 0.15) is 28.6 Å². The zero-order chi connectivity index (χ0) is 10.8. The van der Waals surface area contributed by atoms with E-state index in [9.17, 15) is 9.90 Å². The Bertz CT molecular complexity index is 381. The van der Waals surface area contributed by atoms with Crippen molar-refractivity contribution in [3.8, 4) is 0 Å². The van der Waals surface area contributed by atoms with E-state index in [-0.39, 0.29) is 5.91 Å². The molecule has 1 aromatic carbocycles. The van der Waals surface area contributed by atoms with Gasteiger partial charge in [0.05, 0.1) is 0 Å². The molecule has 1 heterocycles. The van der Waals surface area contributed by atoms with Crippen molar-refractivity contribution in [3.63, 3.8) is 0 Å². The van der Waals surface area contributed by atoms with Gasteiger partial charge in [0.15, 0.2) is 6.23 Å². The molecule has 1 aromatic rings. The topological polar surface area (TPSA) is 40.5 Å². The van der Waals surface area contributed by atoms with Gasteiger partial charge in [-0.3, -0.25) is 4.79 Å². The monoisotopic (exact) mass is 225 g/mol. The molecular formula is C11H12ClNO2. The van der Waals surface area contributed by atoms with Crippen molar-refractivity contribution >= 4 is 17.5 Å². The van der Waals surface area contributed by atoms with Crippen molar-refractivity contribution in [1.82, 2.24) is 4.90 Å². The van der Waals surface area contributed by atoms with E-state index in [0.29, 0.717) is 30.0 Å². The first kappa shape index (κ1) is 10.5. The molecule has 0 radical (unpaired) electrons. The van der Waals surface area contributed by atoms with Crippen LogP contribution in [0, 0.1) is 0 Å². The number of carbonyl (C=O) groups is 1. The summed E-state index contributed by atoms with van der Waals surface area (Å²) in [7, 11) is 0. The van der Waals surface area contributed by atoms with Gasteiger partial charge in [-0.05, 0) is 12.5 Å². The summed E-state index contributed by atoms with van der Waals surface area (Å²) >= 11 is 5.57. The van der Waals surface area contributed by atoms with Crippen LogP contribution in [-0.4, -0.2) is 28.3 Å². The number of carbonyl (C=O) groups excluding carboxylic acids is 1. The van der Waals surface area contributed by atoms with Crippen LogP contribution in [-0.2, 0) is 0 Å². The molecule has 0 aromatic heterocycles. The zero-order valence-corrected chi connectivity index (χ0v) is 8.94. The lowest BCUT2D eigenvalue weighted by Gasteiger charge is -2.19. The molecule has 3 nitrogen and oxygen atoms in total. The Morgan fingerprint density at radius 2 is 2.13 bits per heavy atom. The smallest absolute Gasteiger partial charge is 0.256 e. The van der Waals surface area contributed by atoms with Gasteiger partial charge >= 0.3 is 0 Å². The average Bonchev–Trinajstić information content (AvgIpc) is 2.51. The Morgan fingerprint density at radius 3 is 2.80 bits per heavy atom. The molecule has 0 saturated carbocycles. The Kier molecular flexibility index (Phi) is 2.93. The molecule has 1 aliphatic heterocycles. The molecule has 1 unspecified atom stereocenters. The number of benzene rings is 1. The fraction of sp³-hybridized carbons (Fsp3) is 0.364. The van der Waals surface area contributed by atoms with Crippen molar-refractivity contribution < 1.29 is 9.90 Å². The van der Waals surface area contributed by atoms with E-state index in [4.69, 9.17) is 11.6 Å². The molecule has 2 rings (SSSR count). The molecule has 1 N–H and O–H groups in total. The number of nitrogens with zero attached hydrogens (tertiary/aromatic N) is 1. The predicted octanol–water partition coefficient (Wildman–Crippen LogP) is 1.76. The van der Waals surface area contributed by atoms with Crippen LogP contribution in [0.15, 0.2) is 24.3 Å². The first-order valence-electron chi connectivity index (χ1n) is 4.89. The molecule has 0 aliphatic carbocycles. The van der Waals surface area contributed by atoms with Crippen LogP contribution >= 0.6 is 11.6 Å². The number of aliphatic hydroxyl groups is 1. The van der Waals surface area contributed by atoms with Gasteiger partial charge in [0.2, 0.25) is 0 Å². The molecule has 0 spiro atoms. The fourth-order valence-electron chi connectivity index (χ4n) is 1.80. The minimum absolute atomic E-state index is 0.108. The van der Waals surface area contributed by atoms with E-state index in [2.05, 4.69) is 0 Å². The molecule has 4 heteroatoms. The van der Waals surface area contributed by atoms with Crippen LogP contribution in [0.4, 0.5) is 0 Å². The molecule has 80 valence electrons. The van der Waals surface area contributed by atoms with Crippen molar-refractivity contribution in [3.05, 3.63) is 35.4 Å². The van der Waals surface area contributed by atoms with Gasteiger partial charge in [0, 0.05) is 23.6 Å². The molecule has 1 aliphatic rings. The molecule has 15 heavy (non-hydrogen) atoms. The summed E-state index contributed by atoms with van der Waals surface area (Å²) in [5.74, 6) is 0.385. The van der Waals surface area contributed by atoms with Gasteiger partial charge in [0.1, 0.15) is 0 Å². The minimum atomic E-state index is -0.808. The van der Waals surface area contributed by atoms with Gasteiger partial charge in [0.25, 0.3) is 5.91 Å². The maximum Gasteiger partial charge on any atom is 0.256 e. The summed E-state index contributed by atoms with van der Waals surface area (Å²) in [4.78, 5) is 13.3. The van der Waals surface area contributed by atoms with E-state index in [0.717, 1.165) is 0 Å². The third-order valence-electron chi connectivity index (χ3n) is 2.56. The number of aliphatic hydroxyl groups excluding tert-OH is 1. The van der Waals surface area contributed by atoms with Crippen LogP contribution in [0.5, 0.6) is 0 Å². The summed E-state index contributed by atoms with van der Waals surface area (Å²) in [6.45, 7) is 0.498. The first-order valence-corrected chi connectivity index (χ1v) is 5.43. The molecule has 0 bridgehead atoms. The second kappa shape index (κ2) is 4.21. The SMILES string of the molecule is O=C1c2ccccc2C(O)N1CCCCl. The molecule has 0 fully saturated rings. The zero-order valence-electron chi connectivity index (χ0n) is 8.19. The highest BCUT2D eigenvalue weighted by Gasteiger charge is 2.34. The number of fused-ring (bicyclic) bond motifs is 1. The average molecular weight is 226 g/mol. The second-order valence-electron chi connectivity index (χ2n) is 3.50. The van der Waals surface area contributed by atoms with Crippen molar-refractivity contribution in [2.24, 2.45) is 0 Å². The summed E-state index contributed by atoms with van der Waals surface area (Å²) in [6, 6.07) is 7.13. The lowest BCUT2D eigenvalue weighted by molar-refractivity contribution is 0.0179. The van der Waals surface area contributed by atoms with Gasteiger partial charge in [-0.2, -0.15) is 0 Å². The number of amides is 1. The third kappa shape index (κ3) is 1.73. The highest BCUT2D eigenvalue weighted by molar-refractivity contribution is 6.17. The summed E-state index contributed by atoms with van der Waals surface area (Å²) in [6.07, 6.45) is -0.116. The molecule has 1 amide bonds. The lowest BCUT2D eigenvalue weighted by atomic mass is 10.1. The van der Waals surface area contributed by atoms with Crippen LogP contribution in [0.2, 0.25) is 0 Å². The standard InChI is InChI=1S/C11H12ClNO2/c12-6-3-7-13-10(14)8-4-1-2-5-9(8)11(13)15/h1-2,4-5,10,14H,3,6-7H2. The van der Waals surface area contributed by atoms with Crippen molar-refractivity contribution in [2.75, 3.05) is 12.4 Å². The van der Waals surface area contributed by atoms with Crippen LogP contribution in [0.3, 0.4) is 0 Å². The summed E-state index contributed by atoms with van der Waals surface area (Å²) in [5.41, 5.74) is 1.29. The highest BCUT2D eigenvalue weighted by Crippen LogP contribution is 2.31. The van der Waals surface area contributed by atoms with E-state index in [1.807, 2.05) is 6.07 Å². The van der Waals surface area contributed by atoms with Gasteiger partial charge < -0.3 is 10.0 Å². The van der Waals surface area contributed by atoms with E-state index < -0.39 is 6.23 Å². The van der Waals surface area contributed by atoms with Crippen molar-refractivity contribution in [1.29, 1.82) is 0 Å². The largest absolute Gasteiger partial charge is 0.369 e. The molecular weight excluding hydrogens is 214 g/mol. The van der Waals surface area contributed by atoms with E-state index >= 15 is 0 Å².